The van der Waals surface area contributed by atoms with Gasteiger partial charge in [-0.1, -0.05) is 19.1 Å². The maximum absolute atomic E-state index is 5.33. The molecule has 0 amide bonds. The van der Waals surface area contributed by atoms with E-state index in [1.54, 1.807) is 7.11 Å². The molecule has 1 heterocycles. The number of nitrogens with zero attached hydrogens (tertiary/aromatic N) is 2. The molecule has 0 radical (unpaired) electrons. The van der Waals surface area contributed by atoms with E-state index in [2.05, 4.69) is 40.8 Å². The lowest BCUT2D eigenvalue weighted by molar-refractivity contribution is 0.411. The number of rotatable bonds is 6. The van der Waals surface area contributed by atoms with E-state index in [1.807, 2.05) is 25.5 Å². The van der Waals surface area contributed by atoms with Crippen molar-refractivity contribution in [3.8, 4) is 5.75 Å². The summed E-state index contributed by atoms with van der Waals surface area (Å²) in [6.07, 6.45) is 4.91. The van der Waals surface area contributed by atoms with Crippen LogP contribution in [0.15, 0.2) is 30.6 Å². The Kier molecular flexibility index (Phi) is 4.79. The van der Waals surface area contributed by atoms with Crippen molar-refractivity contribution in [2.45, 2.75) is 26.3 Å². The summed E-state index contributed by atoms with van der Waals surface area (Å²) in [6.45, 7) is 5.20. The summed E-state index contributed by atoms with van der Waals surface area (Å²) in [6, 6.07) is 6.41. The van der Waals surface area contributed by atoms with Crippen molar-refractivity contribution in [3.63, 3.8) is 0 Å². The highest BCUT2D eigenvalue weighted by Gasteiger charge is 2.18. The Hall–Kier alpha value is -1.81. The molecule has 0 aliphatic carbocycles. The first-order valence-electron chi connectivity index (χ1n) is 7.02. The van der Waals surface area contributed by atoms with Crippen LogP contribution in [0, 0.1) is 6.92 Å². The fourth-order valence-electron chi connectivity index (χ4n) is 2.38. The van der Waals surface area contributed by atoms with E-state index in [1.165, 1.54) is 5.56 Å². The van der Waals surface area contributed by atoms with E-state index < -0.39 is 0 Å². The zero-order valence-corrected chi connectivity index (χ0v) is 12.7. The average molecular weight is 273 g/mol. The molecule has 108 valence electrons. The van der Waals surface area contributed by atoms with Gasteiger partial charge in [-0.3, -0.25) is 0 Å². The standard InChI is InChI=1S/C16H23N3O/c1-5-8-17-15(16-18-9-10-19(16)3)13-6-7-14(20-4)12(2)11-13/h6-7,9-11,15,17H,5,8H2,1-4H3. The topological polar surface area (TPSA) is 39.1 Å². The van der Waals surface area contributed by atoms with Crippen LogP contribution in [0.2, 0.25) is 0 Å². The van der Waals surface area contributed by atoms with Crippen molar-refractivity contribution < 1.29 is 4.74 Å². The Balaban J connectivity index is 2.36. The van der Waals surface area contributed by atoms with Gasteiger partial charge in [0.2, 0.25) is 0 Å². The predicted octanol–water partition coefficient (Wildman–Crippen LogP) is 2.83. The van der Waals surface area contributed by atoms with Gasteiger partial charge in [-0.05, 0) is 37.1 Å². The molecule has 4 nitrogen and oxygen atoms in total. The van der Waals surface area contributed by atoms with Crippen LogP contribution < -0.4 is 10.1 Å². The first-order valence-corrected chi connectivity index (χ1v) is 7.02. The molecule has 0 bridgehead atoms. The third-order valence-corrected chi connectivity index (χ3v) is 3.47. The third-order valence-electron chi connectivity index (χ3n) is 3.47. The average Bonchev–Trinajstić information content (AvgIpc) is 2.86. The van der Waals surface area contributed by atoms with E-state index in [0.29, 0.717) is 0 Å². The van der Waals surface area contributed by atoms with Crippen molar-refractivity contribution in [3.05, 3.63) is 47.5 Å². The van der Waals surface area contributed by atoms with Gasteiger partial charge in [0.15, 0.2) is 0 Å². The van der Waals surface area contributed by atoms with Crippen LogP contribution in [0.1, 0.15) is 36.3 Å². The molecule has 1 unspecified atom stereocenters. The lowest BCUT2D eigenvalue weighted by atomic mass is 10.0. The second kappa shape index (κ2) is 6.57. The summed E-state index contributed by atoms with van der Waals surface area (Å²) < 4.78 is 7.40. The molecule has 0 saturated carbocycles. The van der Waals surface area contributed by atoms with Gasteiger partial charge < -0.3 is 14.6 Å². The van der Waals surface area contributed by atoms with Crippen LogP contribution in [-0.2, 0) is 7.05 Å². The number of hydrogen-bond acceptors (Lipinski definition) is 3. The predicted molar refractivity (Wildman–Crippen MR) is 81.1 cm³/mol. The quantitative estimate of drug-likeness (QED) is 0.879. The monoisotopic (exact) mass is 273 g/mol. The molecule has 2 aromatic rings. The number of aryl methyl sites for hydroxylation is 2. The van der Waals surface area contributed by atoms with E-state index in [0.717, 1.165) is 30.1 Å². The summed E-state index contributed by atoms with van der Waals surface area (Å²) in [5, 5.41) is 3.57. The molecule has 0 fully saturated rings. The highest BCUT2D eigenvalue weighted by atomic mass is 16.5. The van der Waals surface area contributed by atoms with Crippen molar-refractivity contribution in [2.75, 3.05) is 13.7 Å². The largest absolute Gasteiger partial charge is 0.496 e. The number of ether oxygens (including phenoxy) is 1. The minimum atomic E-state index is 0.111. The summed E-state index contributed by atoms with van der Waals surface area (Å²) in [4.78, 5) is 4.49. The molecule has 0 aliphatic rings. The lowest BCUT2D eigenvalue weighted by Crippen LogP contribution is -2.25. The molecular weight excluding hydrogens is 250 g/mol. The van der Waals surface area contributed by atoms with Crippen molar-refractivity contribution in [2.24, 2.45) is 7.05 Å². The molecule has 0 aliphatic heterocycles. The highest BCUT2D eigenvalue weighted by molar-refractivity contribution is 5.39. The Labute approximate surface area is 120 Å². The normalized spacial score (nSPS) is 12.4. The Morgan fingerprint density at radius 2 is 2.20 bits per heavy atom. The number of benzene rings is 1. The van der Waals surface area contributed by atoms with Crippen LogP contribution in [0.4, 0.5) is 0 Å². The zero-order chi connectivity index (χ0) is 14.5. The number of nitrogens with one attached hydrogen (secondary N) is 1. The Bertz CT molecular complexity index is 563. The summed E-state index contributed by atoms with van der Waals surface area (Å²) in [7, 11) is 3.73. The summed E-state index contributed by atoms with van der Waals surface area (Å²) in [5.41, 5.74) is 2.36. The first-order chi connectivity index (χ1) is 9.67. The van der Waals surface area contributed by atoms with Crippen LogP contribution in [0.5, 0.6) is 5.75 Å². The molecule has 0 spiro atoms. The molecule has 1 aromatic heterocycles. The molecule has 1 aromatic carbocycles. The van der Waals surface area contributed by atoms with Gasteiger partial charge in [0.05, 0.1) is 13.2 Å². The zero-order valence-electron chi connectivity index (χ0n) is 12.7. The van der Waals surface area contributed by atoms with Gasteiger partial charge in [0.1, 0.15) is 11.6 Å². The Morgan fingerprint density at radius 3 is 2.75 bits per heavy atom. The van der Waals surface area contributed by atoms with Gasteiger partial charge >= 0.3 is 0 Å². The van der Waals surface area contributed by atoms with E-state index in [-0.39, 0.29) is 6.04 Å². The van der Waals surface area contributed by atoms with Crippen LogP contribution in [0.25, 0.3) is 0 Å². The third kappa shape index (κ3) is 3.02. The minimum Gasteiger partial charge on any atom is -0.496 e. The van der Waals surface area contributed by atoms with Gasteiger partial charge in [0, 0.05) is 19.4 Å². The van der Waals surface area contributed by atoms with E-state index >= 15 is 0 Å². The molecule has 1 atom stereocenters. The molecule has 20 heavy (non-hydrogen) atoms. The van der Waals surface area contributed by atoms with Crippen LogP contribution >= 0.6 is 0 Å². The Morgan fingerprint density at radius 1 is 1.40 bits per heavy atom. The van der Waals surface area contributed by atoms with Crippen molar-refractivity contribution in [1.82, 2.24) is 14.9 Å². The maximum Gasteiger partial charge on any atom is 0.130 e. The summed E-state index contributed by atoms with van der Waals surface area (Å²) >= 11 is 0. The highest BCUT2D eigenvalue weighted by Crippen LogP contribution is 2.26. The number of methoxy groups -OCH3 is 1. The number of imidazole rings is 1. The molecule has 2 rings (SSSR count). The minimum absolute atomic E-state index is 0.111. The SMILES string of the molecule is CCCNC(c1ccc(OC)c(C)c1)c1nccn1C. The number of hydrogen-bond donors (Lipinski definition) is 1. The molecule has 0 saturated heterocycles. The van der Waals surface area contributed by atoms with Gasteiger partial charge in [0.25, 0.3) is 0 Å². The lowest BCUT2D eigenvalue weighted by Gasteiger charge is -2.20. The maximum atomic E-state index is 5.33. The van der Waals surface area contributed by atoms with Gasteiger partial charge in [-0.25, -0.2) is 4.98 Å². The van der Waals surface area contributed by atoms with Gasteiger partial charge in [-0.15, -0.1) is 0 Å². The number of aromatic nitrogens is 2. The van der Waals surface area contributed by atoms with Crippen LogP contribution in [0.3, 0.4) is 0 Å². The van der Waals surface area contributed by atoms with E-state index in [9.17, 15) is 0 Å². The second-order valence-corrected chi connectivity index (χ2v) is 5.01. The van der Waals surface area contributed by atoms with Crippen molar-refractivity contribution in [1.29, 1.82) is 0 Å². The summed E-state index contributed by atoms with van der Waals surface area (Å²) in [5.74, 6) is 1.95. The first kappa shape index (κ1) is 14.6. The fraction of sp³-hybridized carbons (Fsp3) is 0.438. The smallest absolute Gasteiger partial charge is 0.130 e. The van der Waals surface area contributed by atoms with Gasteiger partial charge in [-0.2, -0.15) is 0 Å². The molecule has 1 N–H and O–H groups in total. The fourth-order valence-corrected chi connectivity index (χ4v) is 2.38. The second-order valence-electron chi connectivity index (χ2n) is 5.01. The van der Waals surface area contributed by atoms with Crippen LogP contribution in [-0.4, -0.2) is 23.2 Å². The molecule has 4 heteroatoms. The van der Waals surface area contributed by atoms with E-state index in [4.69, 9.17) is 4.74 Å². The van der Waals surface area contributed by atoms with Crippen molar-refractivity contribution >= 4 is 0 Å². The molecular formula is C16H23N3O.